The molecule has 0 fully saturated rings. The van der Waals surface area contributed by atoms with Crippen LogP contribution in [0, 0.1) is 6.92 Å². The first-order valence-corrected chi connectivity index (χ1v) is 8.73. The third-order valence-corrected chi connectivity index (χ3v) is 4.99. The molecule has 1 aromatic carbocycles. The number of rotatable bonds is 5. The lowest BCUT2D eigenvalue weighted by Gasteiger charge is -2.03. The van der Waals surface area contributed by atoms with Crippen LogP contribution in [0.5, 0.6) is 0 Å². The fourth-order valence-electron chi connectivity index (χ4n) is 2.29. The van der Waals surface area contributed by atoms with Crippen molar-refractivity contribution in [1.29, 1.82) is 0 Å². The van der Waals surface area contributed by atoms with E-state index in [2.05, 4.69) is 15.3 Å². The van der Waals surface area contributed by atoms with Gasteiger partial charge in [-0.25, -0.2) is 4.98 Å². The number of carbonyl (C=O) groups is 1. The maximum Gasteiger partial charge on any atom is 0.267 e. The molecule has 1 N–H and O–H groups in total. The first kappa shape index (κ1) is 16.6. The van der Waals surface area contributed by atoms with E-state index in [9.17, 15) is 4.79 Å². The van der Waals surface area contributed by atoms with Gasteiger partial charge in [0.25, 0.3) is 5.91 Å². The number of amides is 1. The molecule has 24 heavy (non-hydrogen) atoms. The maximum absolute atomic E-state index is 12.4. The minimum Gasteiger partial charge on any atom is -0.321 e. The zero-order chi connectivity index (χ0) is 16.9. The molecule has 1 amide bonds. The quantitative estimate of drug-likeness (QED) is 0.729. The van der Waals surface area contributed by atoms with E-state index in [0.29, 0.717) is 9.90 Å². The molecule has 0 aliphatic carbocycles. The molecule has 0 saturated carbocycles. The number of thiazole rings is 1. The molecule has 4 nitrogen and oxygen atoms in total. The highest BCUT2D eigenvalue weighted by Crippen LogP contribution is 2.22. The van der Waals surface area contributed by atoms with E-state index in [4.69, 9.17) is 11.6 Å². The molecule has 0 bridgehead atoms. The number of nitrogens with one attached hydrogen (secondary N) is 1. The van der Waals surface area contributed by atoms with Crippen molar-refractivity contribution in [3.63, 3.8) is 0 Å². The Morgan fingerprint density at radius 2 is 1.83 bits per heavy atom. The number of anilines is 1. The smallest absolute Gasteiger partial charge is 0.267 e. The van der Waals surface area contributed by atoms with E-state index in [1.54, 1.807) is 36.7 Å². The van der Waals surface area contributed by atoms with Crippen molar-refractivity contribution in [3.05, 3.63) is 75.0 Å². The van der Waals surface area contributed by atoms with E-state index < -0.39 is 0 Å². The molecule has 6 heteroatoms. The summed E-state index contributed by atoms with van der Waals surface area (Å²) in [5.41, 5.74) is 2.69. The largest absolute Gasteiger partial charge is 0.321 e. The topological polar surface area (TPSA) is 54.9 Å². The molecule has 0 aliphatic rings. The molecule has 0 radical (unpaired) electrons. The molecule has 3 rings (SSSR count). The second-order valence-corrected chi connectivity index (χ2v) is 6.86. The van der Waals surface area contributed by atoms with Crippen LogP contribution in [0.3, 0.4) is 0 Å². The van der Waals surface area contributed by atoms with Gasteiger partial charge in [0.1, 0.15) is 4.88 Å². The zero-order valence-corrected chi connectivity index (χ0v) is 14.7. The number of aromatic nitrogens is 2. The Morgan fingerprint density at radius 3 is 2.54 bits per heavy atom. The van der Waals surface area contributed by atoms with Gasteiger partial charge in [-0.2, -0.15) is 0 Å². The van der Waals surface area contributed by atoms with E-state index in [-0.39, 0.29) is 5.91 Å². The highest BCUT2D eigenvalue weighted by atomic mass is 35.5. The Labute approximate surface area is 149 Å². The monoisotopic (exact) mass is 357 g/mol. The minimum absolute atomic E-state index is 0.137. The SMILES string of the molecule is Cc1nc(CCc2ccncc2)sc1C(=O)Nc1ccc(Cl)cc1. The zero-order valence-electron chi connectivity index (χ0n) is 13.1. The standard InChI is InChI=1S/C18H16ClN3OS/c1-12-17(18(23)22-15-5-3-14(19)4-6-15)24-16(21-12)7-2-13-8-10-20-11-9-13/h3-6,8-11H,2,7H2,1H3,(H,22,23). The summed E-state index contributed by atoms with van der Waals surface area (Å²) < 4.78 is 0. The Balaban J connectivity index is 1.66. The van der Waals surface area contributed by atoms with Crippen molar-refractivity contribution in [1.82, 2.24) is 9.97 Å². The molecule has 3 aromatic rings. The van der Waals surface area contributed by atoms with Crippen LogP contribution in [0.4, 0.5) is 5.69 Å². The van der Waals surface area contributed by atoms with E-state index >= 15 is 0 Å². The molecule has 0 aliphatic heterocycles. The first-order valence-electron chi connectivity index (χ1n) is 7.54. The summed E-state index contributed by atoms with van der Waals surface area (Å²) in [6, 6.07) is 11.0. The lowest BCUT2D eigenvalue weighted by Crippen LogP contribution is -2.11. The van der Waals surface area contributed by atoms with Crippen LogP contribution in [0.1, 0.15) is 25.9 Å². The van der Waals surface area contributed by atoms with Gasteiger partial charge in [-0.3, -0.25) is 9.78 Å². The fraction of sp³-hybridized carbons (Fsp3) is 0.167. The molecular weight excluding hydrogens is 342 g/mol. The predicted octanol–water partition coefficient (Wildman–Crippen LogP) is 4.54. The van der Waals surface area contributed by atoms with Crippen molar-refractivity contribution in [3.8, 4) is 0 Å². The number of halogens is 1. The summed E-state index contributed by atoms with van der Waals surface area (Å²) in [6.07, 6.45) is 5.26. The number of carbonyl (C=O) groups excluding carboxylic acids is 1. The van der Waals surface area contributed by atoms with Gasteiger partial charge < -0.3 is 5.32 Å². The molecule has 122 valence electrons. The van der Waals surface area contributed by atoms with Gasteiger partial charge in [0.05, 0.1) is 10.7 Å². The fourth-order valence-corrected chi connectivity index (χ4v) is 3.38. The van der Waals surface area contributed by atoms with Gasteiger partial charge in [-0.05, 0) is 55.3 Å². The van der Waals surface area contributed by atoms with Gasteiger partial charge >= 0.3 is 0 Å². The third kappa shape index (κ3) is 4.19. The Bertz CT molecular complexity index is 831. The molecular formula is C18H16ClN3OS. The molecule has 2 aromatic heterocycles. The second kappa shape index (κ2) is 7.55. The van der Waals surface area contributed by atoms with Gasteiger partial charge in [0, 0.05) is 29.5 Å². The van der Waals surface area contributed by atoms with Crippen LogP contribution in [0.2, 0.25) is 5.02 Å². The van der Waals surface area contributed by atoms with Crippen LogP contribution in [-0.2, 0) is 12.8 Å². The molecule has 0 saturated heterocycles. The maximum atomic E-state index is 12.4. The Morgan fingerprint density at radius 1 is 1.12 bits per heavy atom. The lowest BCUT2D eigenvalue weighted by molar-refractivity contribution is 0.103. The molecule has 2 heterocycles. The van der Waals surface area contributed by atoms with E-state index in [1.807, 2.05) is 19.1 Å². The van der Waals surface area contributed by atoms with Crippen LogP contribution >= 0.6 is 22.9 Å². The predicted molar refractivity (Wildman–Crippen MR) is 97.9 cm³/mol. The summed E-state index contributed by atoms with van der Waals surface area (Å²) >= 11 is 7.30. The second-order valence-electron chi connectivity index (χ2n) is 5.34. The van der Waals surface area contributed by atoms with Crippen molar-refractivity contribution >= 4 is 34.5 Å². The highest BCUT2D eigenvalue weighted by Gasteiger charge is 2.15. The molecule has 0 spiro atoms. The van der Waals surface area contributed by atoms with Crippen LogP contribution in [0.25, 0.3) is 0 Å². The number of pyridine rings is 1. The van der Waals surface area contributed by atoms with Crippen molar-refractivity contribution in [2.24, 2.45) is 0 Å². The minimum atomic E-state index is -0.137. The van der Waals surface area contributed by atoms with Gasteiger partial charge in [0.15, 0.2) is 0 Å². The summed E-state index contributed by atoms with van der Waals surface area (Å²) in [5.74, 6) is -0.137. The van der Waals surface area contributed by atoms with E-state index in [0.717, 1.165) is 29.2 Å². The third-order valence-electron chi connectivity index (χ3n) is 3.53. The lowest BCUT2D eigenvalue weighted by atomic mass is 10.1. The normalized spacial score (nSPS) is 10.6. The summed E-state index contributed by atoms with van der Waals surface area (Å²) in [6.45, 7) is 1.86. The number of aryl methyl sites for hydroxylation is 3. The number of hydrogen-bond donors (Lipinski definition) is 1. The summed E-state index contributed by atoms with van der Waals surface area (Å²) in [4.78, 5) is 21.6. The first-order chi connectivity index (χ1) is 11.6. The molecule has 0 unspecified atom stereocenters. The highest BCUT2D eigenvalue weighted by molar-refractivity contribution is 7.13. The number of hydrogen-bond acceptors (Lipinski definition) is 4. The van der Waals surface area contributed by atoms with Crippen LogP contribution in [-0.4, -0.2) is 15.9 Å². The van der Waals surface area contributed by atoms with Crippen molar-refractivity contribution < 1.29 is 4.79 Å². The van der Waals surface area contributed by atoms with Crippen molar-refractivity contribution in [2.75, 3.05) is 5.32 Å². The van der Waals surface area contributed by atoms with Crippen molar-refractivity contribution in [2.45, 2.75) is 19.8 Å². The average Bonchev–Trinajstić information content (AvgIpc) is 2.97. The average molecular weight is 358 g/mol. The Hall–Kier alpha value is -2.24. The van der Waals surface area contributed by atoms with Gasteiger partial charge in [-0.15, -0.1) is 11.3 Å². The van der Waals surface area contributed by atoms with Gasteiger partial charge in [0.2, 0.25) is 0 Å². The Kier molecular flexibility index (Phi) is 5.23. The van der Waals surface area contributed by atoms with E-state index in [1.165, 1.54) is 16.9 Å². The van der Waals surface area contributed by atoms with Gasteiger partial charge in [-0.1, -0.05) is 11.6 Å². The van der Waals surface area contributed by atoms with Crippen LogP contribution in [0.15, 0.2) is 48.8 Å². The summed E-state index contributed by atoms with van der Waals surface area (Å²) in [5, 5.41) is 4.48. The van der Waals surface area contributed by atoms with Crippen LogP contribution < -0.4 is 5.32 Å². The molecule has 0 atom stereocenters. The number of nitrogens with zero attached hydrogens (tertiary/aromatic N) is 2. The summed E-state index contributed by atoms with van der Waals surface area (Å²) in [7, 11) is 0. The number of benzene rings is 1.